The van der Waals surface area contributed by atoms with E-state index < -0.39 is 0 Å². The molecule has 0 radical (unpaired) electrons. The van der Waals surface area contributed by atoms with Gasteiger partial charge in [-0.15, -0.1) is 0 Å². The summed E-state index contributed by atoms with van der Waals surface area (Å²) in [6.45, 7) is 12.2. The van der Waals surface area contributed by atoms with Crippen molar-refractivity contribution in [3.8, 4) is 0 Å². The molecule has 8 unspecified atom stereocenters. The molecule has 0 bridgehead atoms. The summed E-state index contributed by atoms with van der Waals surface area (Å²) in [4.78, 5) is 0. The smallest absolute Gasteiger partial charge is 0.0577 e. The van der Waals surface area contributed by atoms with Gasteiger partial charge in [0, 0.05) is 0 Å². The monoisotopic (exact) mass is 370 g/mol. The Morgan fingerprint density at radius 1 is 1.15 bits per heavy atom. The Hall–Kier alpha value is -0.560. The average molecular weight is 371 g/mol. The molecule has 152 valence electrons. The average Bonchev–Trinajstić information content (AvgIpc) is 2.97. The summed E-state index contributed by atoms with van der Waals surface area (Å²) < 4.78 is 0. The van der Waals surface area contributed by atoms with Gasteiger partial charge in [0.15, 0.2) is 0 Å². The van der Waals surface area contributed by atoms with Crippen LogP contribution >= 0.6 is 0 Å². The van der Waals surface area contributed by atoms with E-state index in [0.717, 1.165) is 42.4 Å². The van der Waals surface area contributed by atoms with Crippen LogP contribution in [0.2, 0.25) is 0 Å². The number of hydrogen-bond acceptors (Lipinski definition) is 1. The Kier molecular flexibility index (Phi) is 5.15. The Morgan fingerprint density at radius 3 is 2.67 bits per heavy atom. The minimum atomic E-state index is -0.0819. The maximum Gasteiger partial charge on any atom is 0.0577 e. The van der Waals surface area contributed by atoms with Crippen LogP contribution in [-0.4, -0.2) is 11.2 Å². The van der Waals surface area contributed by atoms with Gasteiger partial charge in [0.1, 0.15) is 0 Å². The second-order valence-electron chi connectivity index (χ2n) is 11.4. The largest absolute Gasteiger partial charge is 0.393 e. The molecule has 0 aromatic heterocycles. The van der Waals surface area contributed by atoms with E-state index in [9.17, 15) is 5.11 Å². The lowest BCUT2D eigenvalue weighted by Gasteiger charge is -2.58. The molecule has 3 fully saturated rings. The van der Waals surface area contributed by atoms with Crippen molar-refractivity contribution in [3.63, 3.8) is 0 Å². The molecule has 4 aliphatic rings. The van der Waals surface area contributed by atoms with Crippen molar-refractivity contribution in [3.05, 3.63) is 23.3 Å². The van der Waals surface area contributed by atoms with Gasteiger partial charge in [0.2, 0.25) is 0 Å². The topological polar surface area (TPSA) is 20.2 Å². The molecule has 0 saturated heterocycles. The third kappa shape index (κ3) is 3.17. The van der Waals surface area contributed by atoms with Gasteiger partial charge < -0.3 is 5.11 Å². The van der Waals surface area contributed by atoms with Crippen LogP contribution in [0.25, 0.3) is 0 Å². The zero-order chi connectivity index (χ0) is 19.4. The third-order valence-electron chi connectivity index (χ3n) is 9.74. The van der Waals surface area contributed by atoms with Gasteiger partial charge in [0.05, 0.1) is 6.10 Å². The summed E-state index contributed by atoms with van der Waals surface area (Å²) in [5.74, 6) is 4.42. The molecule has 0 spiro atoms. The molecule has 4 rings (SSSR count). The van der Waals surface area contributed by atoms with E-state index in [1.54, 1.807) is 5.57 Å². The lowest BCUT2D eigenvalue weighted by atomic mass is 9.47. The van der Waals surface area contributed by atoms with Gasteiger partial charge in [0.25, 0.3) is 0 Å². The first kappa shape index (κ1) is 19.7. The number of allylic oxidation sites excluding steroid dienone is 3. The maximum atomic E-state index is 10.2. The van der Waals surface area contributed by atoms with Gasteiger partial charge >= 0.3 is 0 Å². The highest BCUT2D eigenvalue weighted by Crippen LogP contribution is 2.67. The molecule has 1 N–H and O–H groups in total. The first-order valence-corrected chi connectivity index (χ1v) is 11.8. The molecule has 1 heteroatoms. The minimum absolute atomic E-state index is 0.0819. The molecule has 3 saturated carbocycles. The van der Waals surface area contributed by atoms with Crippen LogP contribution in [0.15, 0.2) is 23.3 Å². The highest BCUT2D eigenvalue weighted by atomic mass is 16.3. The summed E-state index contributed by atoms with van der Waals surface area (Å²) in [6, 6.07) is 0. The fourth-order valence-electron chi connectivity index (χ4n) is 8.20. The number of rotatable bonds is 3. The van der Waals surface area contributed by atoms with Crippen LogP contribution in [0.1, 0.15) is 92.4 Å². The Labute approximate surface area is 167 Å². The second-order valence-corrected chi connectivity index (χ2v) is 11.4. The standard InChI is InChI=1S/C26H42O/c1-17(2)6-7-18(3)22-10-11-23-21-9-8-19-16-20(27)12-14-25(19,4)24(21)13-15-26(22,23)5/h6,8,18,20-24,27H,7,9-16H2,1-5H3. The van der Waals surface area contributed by atoms with Crippen molar-refractivity contribution in [1.29, 1.82) is 0 Å². The highest BCUT2D eigenvalue weighted by Gasteiger charge is 2.58. The van der Waals surface area contributed by atoms with E-state index in [-0.39, 0.29) is 6.10 Å². The van der Waals surface area contributed by atoms with E-state index in [1.807, 2.05) is 0 Å². The zero-order valence-corrected chi connectivity index (χ0v) is 18.4. The summed E-state index contributed by atoms with van der Waals surface area (Å²) in [6.07, 6.45) is 16.5. The summed E-state index contributed by atoms with van der Waals surface area (Å²) in [5.41, 5.74) is 4.03. The van der Waals surface area contributed by atoms with E-state index >= 15 is 0 Å². The number of hydrogen-bond donors (Lipinski definition) is 1. The van der Waals surface area contributed by atoms with Crippen molar-refractivity contribution in [2.45, 2.75) is 98.5 Å². The van der Waals surface area contributed by atoms with E-state index in [2.05, 4.69) is 46.8 Å². The number of aliphatic hydroxyl groups is 1. The van der Waals surface area contributed by atoms with Gasteiger partial charge in [-0.3, -0.25) is 0 Å². The number of aliphatic hydroxyl groups excluding tert-OH is 1. The lowest BCUT2D eigenvalue weighted by molar-refractivity contribution is -0.0565. The van der Waals surface area contributed by atoms with Crippen molar-refractivity contribution >= 4 is 0 Å². The van der Waals surface area contributed by atoms with E-state index in [0.29, 0.717) is 10.8 Å². The SMILES string of the molecule is CC(C)=CCC(C)C1CCC2C3CC=C4CC(O)CCC4(C)C3CCC12C. The molecule has 1 nitrogen and oxygen atoms in total. The van der Waals surface area contributed by atoms with Crippen molar-refractivity contribution in [1.82, 2.24) is 0 Å². The van der Waals surface area contributed by atoms with E-state index in [1.165, 1.54) is 50.5 Å². The first-order chi connectivity index (χ1) is 12.8. The van der Waals surface area contributed by atoms with Gasteiger partial charge in [-0.1, -0.05) is 44.1 Å². The minimum Gasteiger partial charge on any atom is -0.393 e. The van der Waals surface area contributed by atoms with Crippen LogP contribution in [0.5, 0.6) is 0 Å². The summed E-state index contributed by atoms with van der Waals surface area (Å²) in [7, 11) is 0. The zero-order valence-electron chi connectivity index (χ0n) is 18.4. The van der Waals surface area contributed by atoms with Gasteiger partial charge in [-0.25, -0.2) is 0 Å². The molecule has 0 aromatic carbocycles. The normalized spacial score (nSPS) is 47.3. The Balaban J connectivity index is 1.56. The van der Waals surface area contributed by atoms with Gasteiger partial charge in [-0.05, 0) is 112 Å². The van der Waals surface area contributed by atoms with Crippen molar-refractivity contribution in [2.75, 3.05) is 0 Å². The third-order valence-corrected chi connectivity index (χ3v) is 9.74. The summed E-state index contributed by atoms with van der Waals surface area (Å²) >= 11 is 0. The molecule has 27 heavy (non-hydrogen) atoms. The summed E-state index contributed by atoms with van der Waals surface area (Å²) in [5, 5.41) is 10.2. The quantitative estimate of drug-likeness (QED) is 0.535. The highest BCUT2D eigenvalue weighted by molar-refractivity contribution is 5.25. The second kappa shape index (κ2) is 7.05. The van der Waals surface area contributed by atoms with Crippen LogP contribution in [0.4, 0.5) is 0 Å². The molecule has 8 atom stereocenters. The molecule has 4 aliphatic carbocycles. The van der Waals surface area contributed by atoms with Gasteiger partial charge in [-0.2, -0.15) is 0 Å². The molecular weight excluding hydrogens is 328 g/mol. The maximum absolute atomic E-state index is 10.2. The fraction of sp³-hybridized carbons (Fsp3) is 0.846. The first-order valence-electron chi connectivity index (χ1n) is 11.8. The van der Waals surface area contributed by atoms with Crippen LogP contribution in [-0.2, 0) is 0 Å². The Morgan fingerprint density at radius 2 is 1.93 bits per heavy atom. The fourth-order valence-corrected chi connectivity index (χ4v) is 8.20. The molecule has 0 amide bonds. The predicted octanol–water partition coefficient (Wildman–Crippen LogP) is 6.92. The molecule has 0 heterocycles. The van der Waals surface area contributed by atoms with Crippen LogP contribution in [0.3, 0.4) is 0 Å². The molecule has 0 aromatic rings. The number of fused-ring (bicyclic) bond motifs is 5. The van der Waals surface area contributed by atoms with E-state index in [4.69, 9.17) is 0 Å². The molecule has 0 aliphatic heterocycles. The van der Waals surface area contributed by atoms with Crippen LogP contribution in [0, 0.1) is 40.4 Å². The lowest BCUT2D eigenvalue weighted by Crippen LogP contribution is -2.50. The Bertz CT molecular complexity index is 626. The van der Waals surface area contributed by atoms with Crippen molar-refractivity contribution < 1.29 is 5.11 Å². The van der Waals surface area contributed by atoms with Crippen LogP contribution < -0.4 is 0 Å². The molecular formula is C26H42O. The van der Waals surface area contributed by atoms with Crippen molar-refractivity contribution in [2.24, 2.45) is 40.4 Å². The predicted molar refractivity (Wildman–Crippen MR) is 114 cm³/mol.